The highest BCUT2D eigenvalue weighted by molar-refractivity contribution is 9.10. The summed E-state index contributed by atoms with van der Waals surface area (Å²) in [5, 5.41) is 1.73. The molecule has 1 rings (SSSR count). The molecule has 1 saturated heterocycles. The highest BCUT2D eigenvalue weighted by Gasteiger charge is 2.28. The number of alkyl halides is 1. The fourth-order valence-electron chi connectivity index (χ4n) is 1.01. The Morgan fingerprint density at radius 3 is 2.33 bits per heavy atom. The zero-order chi connectivity index (χ0) is 9.19. The molecular formula is C8H14BrNO2. The molecule has 0 saturated carbocycles. The predicted molar refractivity (Wildman–Crippen MR) is 49.9 cm³/mol. The van der Waals surface area contributed by atoms with Crippen LogP contribution >= 0.6 is 15.9 Å². The number of hydrogen-bond acceptors (Lipinski definition) is 3. The third-order valence-corrected chi connectivity index (χ3v) is 2.09. The number of carbonyl (C=O) groups excluding carboxylic acids is 1. The van der Waals surface area contributed by atoms with Crippen molar-refractivity contribution in [2.24, 2.45) is 0 Å². The van der Waals surface area contributed by atoms with Crippen LogP contribution in [0.3, 0.4) is 0 Å². The minimum absolute atomic E-state index is 0.218. The summed E-state index contributed by atoms with van der Waals surface area (Å²) in [5.41, 5.74) is 0. The monoisotopic (exact) mass is 235 g/mol. The maximum atomic E-state index is 11.3. The van der Waals surface area contributed by atoms with E-state index in [1.807, 2.05) is 0 Å². The molecular weight excluding hydrogens is 222 g/mol. The van der Waals surface area contributed by atoms with Crippen molar-refractivity contribution in [3.8, 4) is 0 Å². The molecule has 70 valence electrons. The van der Waals surface area contributed by atoms with E-state index in [9.17, 15) is 4.79 Å². The summed E-state index contributed by atoms with van der Waals surface area (Å²) in [5.74, 6) is -0.218. The number of hydroxylamine groups is 2. The van der Waals surface area contributed by atoms with E-state index in [0.29, 0.717) is 0 Å². The van der Waals surface area contributed by atoms with Gasteiger partial charge in [0.15, 0.2) is 0 Å². The lowest BCUT2D eigenvalue weighted by Crippen LogP contribution is -2.33. The van der Waals surface area contributed by atoms with E-state index in [1.165, 1.54) is 0 Å². The number of rotatable bonds is 2. The number of nitrogens with zero attached hydrogens (tertiary/aromatic N) is 1. The van der Waals surface area contributed by atoms with Gasteiger partial charge in [-0.15, -0.1) is 5.06 Å². The van der Waals surface area contributed by atoms with Gasteiger partial charge in [-0.05, 0) is 26.7 Å². The maximum Gasteiger partial charge on any atom is 0.341 e. The molecule has 3 nitrogen and oxygen atoms in total. The average Bonchev–Trinajstić information content (AvgIpc) is 2.37. The van der Waals surface area contributed by atoms with Crippen LogP contribution in [0.25, 0.3) is 0 Å². The van der Waals surface area contributed by atoms with E-state index < -0.39 is 4.32 Å². The second kappa shape index (κ2) is 3.75. The molecule has 0 amide bonds. The van der Waals surface area contributed by atoms with Gasteiger partial charge in [-0.25, -0.2) is 4.79 Å². The standard InChI is InChI=1S/C8H14BrNO2/c1-8(2,9)7(11)12-10-5-3-4-6-10/h3-6H2,1-2H3. The Labute approximate surface area is 81.1 Å². The van der Waals surface area contributed by atoms with Gasteiger partial charge in [-0.2, -0.15) is 0 Å². The van der Waals surface area contributed by atoms with Crippen LogP contribution in [0.1, 0.15) is 26.7 Å². The molecule has 0 bridgehead atoms. The SMILES string of the molecule is CC(C)(Br)C(=O)ON1CCCC1. The zero-order valence-electron chi connectivity index (χ0n) is 7.47. The Bertz CT molecular complexity index is 170. The quantitative estimate of drug-likeness (QED) is 0.683. The normalized spacial score (nSPS) is 19.6. The minimum Gasteiger partial charge on any atom is -0.367 e. The lowest BCUT2D eigenvalue weighted by molar-refractivity contribution is -0.187. The fourth-order valence-corrected chi connectivity index (χ4v) is 1.08. The van der Waals surface area contributed by atoms with Crippen LogP contribution in [0.15, 0.2) is 0 Å². The van der Waals surface area contributed by atoms with Crippen LogP contribution in [0, 0.1) is 0 Å². The molecule has 1 aliphatic rings. The van der Waals surface area contributed by atoms with Crippen molar-refractivity contribution < 1.29 is 9.63 Å². The smallest absolute Gasteiger partial charge is 0.341 e. The summed E-state index contributed by atoms with van der Waals surface area (Å²) >= 11 is 3.25. The van der Waals surface area contributed by atoms with Gasteiger partial charge in [-0.1, -0.05) is 15.9 Å². The Balaban J connectivity index is 2.35. The van der Waals surface area contributed by atoms with Crippen LogP contribution in [0.4, 0.5) is 0 Å². The Kier molecular flexibility index (Phi) is 3.12. The highest BCUT2D eigenvalue weighted by Crippen LogP contribution is 2.19. The van der Waals surface area contributed by atoms with Crippen LogP contribution < -0.4 is 0 Å². The van der Waals surface area contributed by atoms with Crippen molar-refractivity contribution in [1.82, 2.24) is 5.06 Å². The van der Waals surface area contributed by atoms with E-state index >= 15 is 0 Å². The average molecular weight is 236 g/mol. The first-order valence-corrected chi connectivity index (χ1v) is 4.96. The zero-order valence-corrected chi connectivity index (χ0v) is 9.06. The molecule has 0 aromatic carbocycles. The number of halogens is 1. The lowest BCUT2D eigenvalue weighted by atomic mass is 10.2. The molecule has 0 aromatic heterocycles. The van der Waals surface area contributed by atoms with Gasteiger partial charge < -0.3 is 4.84 Å². The van der Waals surface area contributed by atoms with Gasteiger partial charge >= 0.3 is 5.97 Å². The van der Waals surface area contributed by atoms with Gasteiger partial charge in [0, 0.05) is 13.1 Å². The Morgan fingerprint density at radius 2 is 1.92 bits per heavy atom. The van der Waals surface area contributed by atoms with Crippen molar-refractivity contribution in [2.45, 2.75) is 31.0 Å². The molecule has 0 N–H and O–H groups in total. The van der Waals surface area contributed by atoms with Crippen molar-refractivity contribution in [3.05, 3.63) is 0 Å². The first-order valence-electron chi connectivity index (χ1n) is 4.16. The van der Waals surface area contributed by atoms with Gasteiger partial charge in [0.05, 0.1) is 0 Å². The Morgan fingerprint density at radius 1 is 1.42 bits per heavy atom. The van der Waals surface area contributed by atoms with Crippen LogP contribution in [-0.2, 0) is 9.63 Å². The van der Waals surface area contributed by atoms with E-state index in [4.69, 9.17) is 4.84 Å². The maximum absolute atomic E-state index is 11.3. The summed E-state index contributed by atoms with van der Waals surface area (Å²) in [6, 6.07) is 0. The lowest BCUT2D eigenvalue weighted by Gasteiger charge is -2.19. The summed E-state index contributed by atoms with van der Waals surface area (Å²) in [6.45, 7) is 5.31. The third-order valence-electron chi connectivity index (χ3n) is 1.76. The van der Waals surface area contributed by atoms with Crippen molar-refractivity contribution in [3.63, 3.8) is 0 Å². The molecule has 0 aliphatic carbocycles. The molecule has 12 heavy (non-hydrogen) atoms. The molecule has 0 aromatic rings. The van der Waals surface area contributed by atoms with Crippen molar-refractivity contribution in [1.29, 1.82) is 0 Å². The van der Waals surface area contributed by atoms with E-state index in [0.717, 1.165) is 25.9 Å². The van der Waals surface area contributed by atoms with Gasteiger partial charge in [0.2, 0.25) is 0 Å². The minimum atomic E-state index is -0.574. The first kappa shape index (κ1) is 9.99. The second-order valence-electron chi connectivity index (χ2n) is 3.49. The Hall–Kier alpha value is -0.0900. The molecule has 0 radical (unpaired) electrons. The third kappa shape index (κ3) is 2.75. The second-order valence-corrected chi connectivity index (χ2v) is 5.47. The summed E-state index contributed by atoms with van der Waals surface area (Å²) in [6.07, 6.45) is 2.24. The molecule has 1 aliphatic heterocycles. The molecule has 0 spiro atoms. The largest absolute Gasteiger partial charge is 0.367 e. The first-order chi connectivity index (χ1) is 5.50. The van der Waals surface area contributed by atoms with Gasteiger partial charge in [0.1, 0.15) is 4.32 Å². The van der Waals surface area contributed by atoms with Gasteiger partial charge in [0.25, 0.3) is 0 Å². The number of carbonyl (C=O) groups is 1. The van der Waals surface area contributed by atoms with Crippen LogP contribution in [0.5, 0.6) is 0 Å². The highest BCUT2D eigenvalue weighted by atomic mass is 79.9. The summed E-state index contributed by atoms with van der Waals surface area (Å²) in [7, 11) is 0. The molecule has 4 heteroatoms. The van der Waals surface area contributed by atoms with Crippen molar-refractivity contribution in [2.75, 3.05) is 13.1 Å². The predicted octanol–water partition coefficient (Wildman–Crippen LogP) is 1.71. The van der Waals surface area contributed by atoms with Crippen molar-refractivity contribution >= 4 is 21.9 Å². The fraction of sp³-hybridized carbons (Fsp3) is 0.875. The molecule has 1 heterocycles. The topological polar surface area (TPSA) is 29.5 Å². The molecule has 0 atom stereocenters. The van der Waals surface area contributed by atoms with E-state index in [2.05, 4.69) is 15.9 Å². The van der Waals surface area contributed by atoms with Crippen LogP contribution in [0.2, 0.25) is 0 Å². The van der Waals surface area contributed by atoms with E-state index in [-0.39, 0.29) is 5.97 Å². The van der Waals surface area contributed by atoms with Gasteiger partial charge in [-0.3, -0.25) is 0 Å². The molecule has 1 fully saturated rings. The summed E-state index contributed by atoms with van der Waals surface area (Å²) in [4.78, 5) is 16.4. The number of hydrogen-bond donors (Lipinski definition) is 0. The molecule has 0 unspecified atom stereocenters. The summed E-state index contributed by atoms with van der Waals surface area (Å²) < 4.78 is -0.574. The van der Waals surface area contributed by atoms with Crippen LogP contribution in [-0.4, -0.2) is 28.4 Å². The van der Waals surface area contributed by atoms with E-state index in [1.54, 1.807) is 18.9 Å².